The number of thioether (sulfide) groups is 1. The molecule has 1 atom stereocenters. The van der Waals surface area contributed by atoms with Gasteiger partial charge in [-0.25, -0.2) is 0 Å². The van der Waals surface area contributed by atoms with E-state index in [4.69, 9.17) is 0 Å². The van der Waals surface area contributed by atoms with Crippen molar-refractivity contribution in [2.45, 2.75) is 31.7 Å². The molecule has 1 aliphatic rings. The molecule has 0 aromatic heterocycles. The largest absolute Gasteiger partial charge is 0.353 e. The Labute approximate surface area is 132 Å². The number of carbonyl (C=O) groups is 1. The van der Waals surface area contributed by atoms with Crippen molar-refractivity contribution in [1.82, 2.24) is 10.2 Å². The minimum Gasteiger partial charge on any atom is -0.353 e. The van der Waals surface area contributed by atoms with Crippen LogP contribution in [0.3, 0.4) is 0 Å². The van der Waals surface area contributed by atoms with Crippen molar-refractivity contribution in [3.05, 3.63) is 35.9 Å². The monoisotopic (exact) mass is 306 g/mol. The van der Waals surface area contributed by atoms with Crippen LogP contribution in [0.4, 0.5) is 0 Å². The summed E-state index contributed by atoms with van der Waals surface area (Å²) >= 11 is 1.57. The second-order valence-corrected chi connectivity index (χ2v) is 6.48. The molecule has 1 amide bonds. The summed E-state index contributed by atoms with van der Waals surface area (Å²) < 4.78 is 0. The summed E-state index contributed by atoms with van der Waals surface area (Å²) in [5, 5.41) is 3.10. The van der Waals surface area contributed by atoms with Crippen LogP contribution in [-0.4, -0.2) is 42.4 Å². The highest BCUT2D eigenvalue weighted by atomic mass is 32.2. The number of nitrogens with one attached hydrogen (secondary N) is 1. The van der Waals surface area contributed by atoms with Crippen LogP contribution in [0, 0.1) is 0 Å². The Morgan fingerprint density at radius 1 is 1.19 bits per heavy atom. The van der Waals surface area contributed by atoms with Gasteiger partial charge in [0, 0.05) is 6.54 Å². The maximum atomic E-state index is 11.8. The average molecular weight is 306 g/mol. The first-order valence-corrected chi connectivity index (χ1v) is 9.25. The molecule has 2 rings (SSSR count). The lowest BCUT2D eigenvalue weighted by Gasteiger charge is -2.31. The maximum absolute atomic E-state index is 11.8. The van der Waals surface area contributed by atoms with Crippen molar-refractivity contribution >= 4 is 17.7 Å². The first-order valence-electron chi connectivity index (χ1n) is 7.86. The fourth-order valence-corrected chi connectivity index (χ4v) is 3.30. The van der Waals surface area contributed by atoms with Gasteiger partial charge in [-0.3, -0.25) is 9.69 Å². The smallest absolute Gasteiger partial charge is 0.230 e. The zero-order valence-electron chi connectivity index (χ0n) is 12.9. The van der Waals surface area contributed by atoms with Crippen molar-refractivity contribution in [3.8, 4) is 0 Å². The third kappa shape index (κ3) is 5.36. The molecule has 1 fully saturated rings. The number of carbonyl (C=O) groups excluding carboxylic acids is 1. The Hall–Kier alpha value is -1.00. The molecule has 116 valence electrons. The van der Waals surface area contributed by atoms with E-state index in [0.29, 0.717) is 18.3 Å². The third-order valence-electron chi connectivity index (χ3n) is 4.03. The highest BCUT2D eigenvalue weighted by Crippen LogP contribution is 2.23. The minimum atomic E-state index is 0.137. The Balaban J connectivity index is 2.04. The van der Waals surface area contributed by atoms with Gasteiger partial charge in [-0.05, 0) is 37.8 Å². The average Bonchev–Trinajstić information content (AvgIpc) is 2.78. The predicted octanol–water partition coefficient (Wildman–Crippen LogP) is 3.08. The van der Waals surface area contributed by atoms with Crippen molar-refractivity contribution in [2.75, 3.05) is 31.6 Å². The Kier molecular flexibility index (Phi) is 7.10. The number of amides is 1. The zero-order valence-corrected chi connectivity index (χ0v) is 13.7. The molecular weight excluding hydrogens is 280 g/mol. The first-order chi connectivity index (χ1) is 10.3. The fraction of sp³-hybridized carbons (Fsp3) is 0.588. The molecule has 1 aromatic rings. The third-order valence-corrected chi connectivity index (χ3v) is 4.58. The topological polar surface area (TPSA) is 32.3 Å². The lowest BCUT2D eigenvalue weighted by atomic mass is 10.0. The van der Waals surface area contributed by atoms with E-state index in [2.05, 4.69) is 40.5 Å². The molecule has 1 aliphatic heterocycles. The molecule has 0 aliphatic carbocycles. The van der Waals surface area contributed by atoms with Crippen LogP contribution in [0.25, 0.3) is 0 Å². The van der Waals surface area contributed by atoms with Gasteiger partial charge in [0.25, 0.3) is 0 Å². The van der Waals surface area contributed by atoms with Gasteiger partial charge < -0.3 is 5.32 Å². The number of rotatable bonds is 6. The van der Waals surface area contributed by atoms with Gasteiger partial charge >= 0.3 is 0 Å². The number of nitrogens with zero attached hydrogens (tertiary/aromatic N) is 1. The van der Waals surface area contributed by atoms with Crippen molar-refractivity contribution in [3.63, 3.8) is 0 Å². The van der Waals surface area contributed by atoms with E-state index >= 15 is 0 Å². The van der Waals surface area contributed by atoms with Crippen LogP contribution in [0.2, 0.25) is 0 Å². The second-order valence-electron chi connectivity index (χ2n) is 5.61. The van der Waals surface area contributed by atoms with Crippen molar-refractivity contribution in [1.29, 1.82) is 0 Å². The van der Waals surface area contributed by atoms with Gasteiger partial charge in [-0.2, -0.15) is 11.8 Å². The molecule has 4 heteroatoms. The minimum absolute atomic E-state index is 0.137. The standard InChI is InChI=1S/C17H26N2OS/c1-21-14-17(20)18-13-16(15-9-5-4-6-10-15)19-11-7-2-3-8-12-19/h4-6,9-10,16H,2-3,7-8,11-14H2,1H3,(H,18,20)/t16-/m0/s1. The van der Waals surface area contributed by atoms with E-state index in [-0.39, 0.29) is 5.91 Å². The lowest BCUT2D eigenvalue weighted by Crippen LogP contribution is -2.39. The van der Waals surface area contributed by atoms with Gasteiger partial charge in [0.05, 0.1) is 11.8 Å². The second kappa shape index (κ2) is 9.11. The molecule has 1 N–H and O–H groups in total. The number of hydrogen-bond acceptors (Lipinski definition) is 3. The first kappa shape index (κ1) is 16.4. The highest BCUT2D eigenvalue weighted by molar-refractivity contribution is 7.99. The van der Waals surface area contributed by atoms with Crippen LogP contribution in [-0.2, 0) is 4.79 Å². The molecule has 1 aromatic carbocycles. The molecule has 1 saturated heterocycles. The summed E-state index contributed by atoms with van der Waals surface area (Å²) in [6.45, 7) is 2.99. The SMILES string of the molecule is CSCC(=O)NC[C@@H](c1ccccc1)N1CCCCCC1. The molecule has 21 heavy (non-hydrogen) atoms. The van der Waals surface area contributed by atoms with E-state index in [1.807, 2.05) is 6.26 Å². The lowest BCUT2D eigenvalue weighted by molar-refractivity contribution is -0.118. The van der Waals surface area contributed by atoms with Gasteiger partial charge in [0.2, 0.25) is 5.91 Å². The Bertz CT molecular complexity index is 416. The van der Waals surface area contributed by atoms with Crippen LogP contribution in [0.1, 0.15) is 37.3 Å². The quantitative estimate of drug-likeness (QED) is 0.876. The zero-order chi connectivity index (χ0) is 14.9. The van der Waals surface area contributed by atoms with Gasteiger partial charge in [-0.1, -0.05) is 43.2 Å². The summed E-state index contributed by atoms with van der Waals surface area (Å²) in [6.07, 6.45) is 7.15. The fourth-order valence-electron chi connectivity index (χ4n) is 2.93. The number of likely N-dealkylation sites (tertiary alicyclic amines) is 1. The Morgan fingerprint density at radius 3 is 2.48 bits per heavy atom. The van der Waals surface area contributed by atoms with E-state index < -0.39 is 0 Å². The Morgan fingerprint density at radius 2 is 1.86 bits per heavy atom. The van der Waals surface area contributed by atoms with Crippen LogP contribution >= 0.6 is 11.8 Å². The molecule has 1 heterocycles. The van der Waals surface area contributed by atoms with Gasteiger partial charge in [-0.15, -0.1) is 0 Å². The molecule has 0 unspecified atom stereocenters. The summed E-state index contributed by atoms with van der Waals surface area (Å²) in [7, 11) is 0. The van der Waals surface area contributed by atoms with Crippen molar-refractivity contribution in [2.24, 2.45) is 0 Å². The van der Waals surface area contributed by atoms with Crippen LogP contribution < -0.4 is 5.32 Å². The van der Waals surface area contributed by atoms with E-state index in [0.717, 1.165) is 13.1 Å². The summed E-state index contributed by atoms with van der Waals surface area (Å²) in [6, 6.07) is 10.9. The summed E-state index contributed by atoms with van der Waals surface area (Å²) in [5.74, 6) is 0.680. The molecule has 0 spiro atoms. The predicted molar refractivity (Wildman–Crippen MR) is 90.6 cm³/mol. The molecule has 3 nitrogen and oxygen atoms in total. The van der Waals surface area contributed by atoms with Crippen LogP contribution in [0.15, 0.2) is 30.3 Å². The van der Waals surface area contributed by atoms with E-state index in [1.165, 1.54) is 31.2 Å². The summed E-state index contributed by atoms with van der Waals surface area (Å²) in [4.78, 5) is 14.3. The van der Waals surface area contributed by atoms with Crippen LogP contribution in [0.5, 0.6) is 0 Å². The number of benzene rings is 1. The van der Waals surface area contributed by atoms with E-state index in [9.17, 15) is 4.79 Å². The van der Waals surface area contributed by atoms with Crippen molar-refractivity contribution < 1.29 is 4.79 Å². The maximum Gasteiger partial charge on any atom is 0.230 e. The summed E-state index contributed by atoms with van der Waals surface area (Å²) in [5.41, 5.74) is 1.31. The normalized spacial score (nSPS) is 18.0. The molecular formula is C17H26N2OS. The highest BCUT2D eigenvalue weighted by Gasteiger charge is 2.21. The van der Waals surface area contributed by atoms with Gasteiger partial charge in [0.15, 0.2) is 0 Å². The van der Waals surface area contributed by atoms with E-state index in [1.54, 1.807) is 11.8 Å². The van der Waals surface area contributed by atoms with Gasteiger partial charge in [0.1, 0.15) is 0 Å². The molecule has 0 bridgehead atoms. The molecule has 0 radical (unpaired) electrons. The number of hydrogen-bond donors (Lipinski definition) is 1. The molecule has 0 saturated carbocycles.